The summed E-state index contributed by atoms with van der Waals surface area (Å²) in [6.45, 7) is 3.00. The van der Waals surface area contributed by atoms with Crippen LogP contribution in [0.5, 0.6) is 0 Å². The SMILES string of the molecule is C[C@H](OCc1ccccc1)[C@@H](NC(=O)OCC1c2ccccc2-c2ccccc21)C(=O)N1CC[C@H]2C(C(=O)O)[C@H]2C1. The molecule has 8 heteroatoms. The van der Waals surface area contributed by atoms with Crippen molar-refractivity contribution in [2.24, 2.45) is 17.8 Å². The van der Waals surface area contributed by atoms with Gasteiger partial charge in [-0.05, 0) is 53.0 Å². The third-order valence-corrected chi connectivity index (χ3v) is 8.80. The average Bonchev–Trinajstić information content (AvgIpc) is 3.65. The number of carboxylic acid groups (broad SMARTS) is 1. The second-order valence-corrected chi connectivity index (χ2v) is 11.2. The van der Waals surface area contributed by atoms with Crippen LogP contribution in [0.4, 0.5) is 4.79 Å². The highest BCUT2D eigenvalue weighted by atomic mass is 16.5. The van der Waals surface area contributed by atoms with E-state index in [1.54, 1.807) is 11.8 Å². The molecule has 1 unspecified atom stereocenters. The summed E-state index contributed by atoms with van der Waals surface area (Å²) in [6, 6.07) is 24.9. The lowest BCUT2D eigenvalue weighted by atomic mass is 9.98. The summed E-state index contributed by atoms with van der Waals surface area (Å²) >= 11 is 0. The number of nitrogens with zero attached hydrogens (tertiary/aromatic N) is 1. The maximum absolute atomic E-state index is 13.7. The number of benzene rings is 3. The van der Waals surface area contributed by atoms with Gasteiger partial charge < -0.3 is 24.8 Å². The minimum Gasteiger partial charge on any atom is -0.481 e. The number of likely N-dealkylation sites (tertiary alicyclic amines) is 1. The van der Waals surface area contributed by atoms with E-state index in [0.29, 0.717) is 19.5 Å². The number of carbonyl (C=O) groups is 3. The number of carbonyl (C=O) groups excluding carboxylic acids is 2. The molecule has 2 fully saturated rings. The predicted octanol–water partition coefficient (Wildman–Crippen LogP) is 4.68. The lowest BCUT2D eigenvalue weighted by Crippen LogP contribution is -2.55. The van der Waals surface area contributed by atoms with Gasteiger partial charge in [-0.1, -0.05) is 78.9 Å². The van der Waals surface area contributed by atoms with Crippen molar-refractivity contribution < 1.29 is 29.0 Å². The first-order chi connectivity index (χ1) is 19.9. The van der Waals surface area contributed by atoms with Crippen molar-refractivity contribution >= 4 is 18.0 Å². The van der Waals surface area contributed by atoms with E-state index < -0.39 is 30.1 Å². The fraction of sp³-hybridized carbons (Fsp3) is 0.364. The minimum absolute atomic E-state index is 0.0409. The maximum atomic E-state index is 13.7. The Labute approximate surface area is 239 Å². The molecular formula is C33H34N2O6. The zero-order valence-corrected chi connectivity index (χ0v) is 22.9. The van der Waals surface area contributed by atoms with Crippen molar-refractivity contribution in [2.45, 2.75) is 38.0 Å². The van der Waals surface area contributed by atoms with Gasteiger partial charge in [0.1, 0.15) is 12.6 Å². The maximum Gasteiger partial charge on any atom is 0.407 e. The van der Waals surface area contributed by atoms with E-state index in [0.717, 1.165) is 27.8 Å². The molecule has 3 aromatic carbocycles. The second-order valence-electron chi connectivity index (χ2n) is 11.2. The summed E-state index contributed by atoms with van der Waals surface area (Å²) in [5, 5.41) is 12.3. The first-order valence-corrected chi connectivity index (χ1v) is 14.2. The van der Waals surface area contributed by atoms with Gasteiger partial charge in [-0.25, -0.2) is 4.79 Å². The zero-order chi connectivity index (χ0) is 28.5. The molecule has 2 amide bonds. The number of ether oxygens (including phenoxy) is 2. The summed E-state index contributed by atoms with van der Waals surface area (Å²) in [7, 11) is 0. The Morgan fingerprint density at radius 2 is 1.56 bits per heavy atom. The Morgan fingerprint density at radius 3 is 2.22 bits per heavy atom. The highest BCUT2D eigenvalue weighted by Gasteiger charge is 2.57. The molecule has 212 valence electrons. The molecular weight excluding hydrogens is 520 g/mol. The topological polar surface area (TPSA) is 105 Å². The van der Waals surface area contributed by atoms with Crippen molar-refractivity contribution in [3.8, 4) is 11.1 Å². The van der Waals surface area contributed by atoms with E-state index in [9.17, 15) is 19.5 Å². The summed E-state index contributed by atoms with van der Waals surface area (Å²) in [5.74, 6) is -1.50. The van der Waals surface area contributed by atoms with E-state index >= 15 is 0 Å². The molecule has 0 bridgehead atoms. The van der Waals surface area contributed by atoms with Gasteiger partial charge in [0.15, 0.2) is 0 Å². The molecule has 8 nitrogen and oxygen atoms in total. The number of hydrogen-bond acceptors (Lipinski definition) is 5. The standard InChI is InChI=1S/C33H34N2O6/c1-20(40-18-21-9-3-2-4-10-21)30(31(36)35-16-15-26-27(17-35)29(26)32(37)38)34-33(39)41-19-28-24-13-7-5-11-22(24)23-12-6-8-14-25(23)28/h2-14,20,26-30H,15-19H2,1H3,(H,34,39)(H,37,38)/t20-,26+,27-,29?,30+/m0/s1. The first kappa shape index (κ1) is 27.0. The van der Waals surface area contributed by atoms with E-state index in [1.165, 1.54) is 0 Å². The quantitative estimate of drug-likeness (QED) is 0.398. The molecule has 2 N–H and O–H groups in total. The average molecular weight is 555 g/mol. The van der Waals surface area contributed by atoms with Gasteiger partial charge in [-0.3, -0.25) is 9.59 Å². The molecule has 0 spiro atoms. The van der Waals surface area contributed by atoms with E-state index in [1.807, 2.05) is 54.6 Å². The van der Waals surface area contributed by atoms with Gasteiger partial charge in [0.05, 0.1) is 18.6 Å². The summed E-state index contributed by atoms with van der Waals surface area (Å²) in [6.07, 6.45) is -0.690. The lowest BCUT2D eigenvalue weighted by Gasteiger charge is -2.32. The second kappa shape index (κ2) is 11.4. The predicted molar refractivity (Wildman–Crippen MR) is 152 cm³/mol. The van der Waals surface area contributed by atoms with E-state index in [2.05, 4.69) is 29.6 Å². The molecule has 2 aliphatic carbocycles. The lowest BCUT2D eigenvalue weighted by molar-refractivity contribution is -0.140. The Morgan fingerprint density at radius 1 is 0.927 bits per heavy atom. The zero-order valence-electron chi connectivity index (χ0n) is 22.9. The highest BCUT2D eigenvalue weighted by Crippen LogP contribution is 2.51. The molecule has 6 rings (SSSR count). The van der Waals surface area contributed by atoms with Crippen LogP contribution in [0.3, 0.4) is 0 Å². The molecule has 1 heterocycles. The molecule has 41 heavy (non-hydrogen) atoms. The van der Waals surface area contributed by atoms with Crippen molar-refractivity contribution in [1.29, 1.82) is 0 Å². The third kappa shape index (κ3) is 5.44. The molecule has 5 atom stereocenters. The van der Waals surface area contributed by atoms with Gasteiger partial charge in [0.2, 0.25) is 5.91 Å². The Bertz CT molecular complexity index is 1400. The largest absolute Gasteiger partial charge is 0.481 e. The fourth-order valence-corrected chi connectivity index (χ4v) is 6.55. The number of hydrogen-bond donors (Lipinski definition) is 2. The number of piperidine rings is 1. The van der Waals surface area contributed by atoms with Crippen LogP contribution in [0, 0.1) is 17.8 Å². The number of rotatable bonds is 9. The summed E-state index contributed by atoms with van der Waals surface area (Å²) < 4.78 is 11.8. The Hall–Kier alpha value is -4.17. The molecule has 1 saturated carbocycles. The number of alkyl carbamates (subject to hydrolysis) is 1. The fourth-order valence-electron chi connectivity index (χ4n) is 6.55. The van der Waals surface area contributed by atoms with Gasteiger partial charge in [-0.15, -0.1) is 0 Å². The van der Waals surface area contributed by atoms with Gasteiger partial charge in [0.25, 0.3) is 0 Å². The smallest absolute Gasteiger partial charge is 0.407 e. The van der Waals surface area contributed by atoms with Crippen LogP contribution in [0.15, 0.2) is 78.9 Å². The van der Waals surface area contributed by atoms with Crippen LogP contribution in [0.1, 0.15) is 36.0 Å². The van der Waals surface area contributed by atoms with Gasteiger partial charge >= 0.3 is 12.1 Å². The van der Waals surface area contributed by atoms with Gasteiger partial charge in [0, 0.05) is 19.0 Å². The van der Waals surface area contributed by atoms with Crippen molar-refractivity contribution in [1.82, 2.24) is 10.2 Å². The summed E-state index contributed by atoms with van der Waals surface area (Å²) in [4.78, 5) is 40.1. The van der Waals surface area contributed by atoms with Crippen LogP contribution >= 0.6 is 0 Å². The number of fused-ring (bicyclic) bond motifs is 4. The monoisotopic (exact) mass is 554 g/mol. The third-order valence-electron chi connectivity index (χ3n) is 8.80. The van der Waals surface area contributed by atoms with E-state index in [4.69, 9.17) is 9.47 Å². The number of aliphatic carboxylic acids is 1. The Balaban J connectivity index is 1.14. The van der Waals surface area contributed by atoms with Crippen LogP contribution < -0.4 is 5.32 Å². The molecule has 3 aliphatic rings. The van der Waals surface area contributed by atoms with Crippen molar-refractivity contribution in [3.63, 3.8) is 0 Å². The number of amides is 2. The molecule has 0 radical (unpaired) electrons. The molecule has 1 saturated heterocycles. The summed E-state index contributed by atoms with van der Waals surface area (Å²) in [5.41, 5.74) is 5.44. The van der Waals surface area contributed by atoms with Crippen molar-refractivity contribution in [3.05, 3.63) is 95.6 Å². The van der Waals surface area contributed by atoms with Crippen LogP contribution in [-0.2, 0) is 25.7 Å². The molecule has 0 aromatic heterocycles. The first-order valence-electron chi connectivity index (χ1n) is 14.2. The molecule has 3 aromatic rings. The Kier molecular flexibility index (Phi) is 7.49. The normalized spacial score (nSPS) is 22.1. The number of carboxylic acids is 1. The van der Waals surface area contributed by atoms with Crippen LogP contribution in [0.25, 0.3) is 11.1 Å². The molecule has 1 aliphatic heterocycles. The van der Waals surface area contributed by atoms with E-state index in [-0.39, 0.29) is 36.9 Å². The van der Waals surface area contributed by atoms with Gasteiger partial charge in [-0.2, -0.15) is 0 Å². The number of nitrogens with one attached hydrogen (secondary N) is 1. The van der Waals surface area contributed by atoms with Crippen LogP contribution in [0.2, 0.25) is 0 Å². The van der Waals surface area contributed by atoms with Crippen molar-refractivity contribution in [2.75, 3.05) is 19.7 Å². The highest BCUT2D eigenvalue weighted by molar-refractivity contribution is 5.87. The van der Waals surface area contributed by atoms with Crippen LogP contribution in [-0.4, -0.2) is 59.8 Å². The minimum atomic E-state index is -0.979.